The van der Waals surface area contributed by atoms with E-state index in [4.69, 9.17) is 4.74 Å². The molecular formula is C12H19N3O3S. The molecule has 19 heavy (non-hydrogen) atoms. The lowest BCUT2D eigenvalue weighted by Crippen LogP contribution is -2.30. The first-order valence-corrected chi connectivity index (χ1v) is 7.74. The first-order valence-electron chi connectivity index (χ1n) is 6.30. The Labute approximate surface area is 113 Å². The van der Waals surface area contributed by atoms with Crippen LogP contribution in [0.15, 0.2) is 23.2 Å². The van der Waals surface area contributed by atoms with Gasteiger partial charge in [0.2, 0.25) is 10.0 Å². The Morgan fingerprint density at radius 3 is 2.84 bits per heavy atom. The summed E-state index contributed by atoms with van der Waals surface area (Å²) in [4.78, 5) is 4.32. The fourth-order valence-electron chi connectivity index (χ4n) is 2.08. The number of nitrogens with zero attached hydrogens (tertiary/aromatic N) is 2. The van der Waals surface area contributed by atoms with Crippen molar-refractivity contribution in [1.29, 1.82) is 0 Å². The molecule has 2 rings (SSSR count). The smallest absolute Gasteiger partial charge is 0.244 e. The molecule has 1 atom stereocenters. The summed E-state index contributed by atoms with van der Waals surface area (Å²) < 4.78 is 31.4. The molecule has 0 saturated carbocycles. The predicted octanol–water partition coefficient (Wildman–Crippen LogP) is 0.923. The van der Waals surface area contributed by atoms with E-state index in [0.717, 1.165) is 13.0 Å². The summed E-state index contributed by atoms with van der Waals surface area (Å²) in [7, 11) is -1.85. The Kier molecular flexibility index (Phi) is 4.38. The fourth-order valence-corrected chi connectivity index (χ4v) is 3.51. The number of methoxy groups -OCH3 is 1. The summed E-state index contributed by atoms with van der Waals surface area (Å²) in [6, 6.07) is 3.26. The Morgan fingerprint density at radius 2 is 2.32 bits per heavy atom. The molecule has 0 aliphatic carbocycles. The second kappa shape index (κ2) is 5.85. The fraction of sp³-hybridized carbons (Fsp3) is 0.583. The molecule has 2 heterocycles. The van der Waals surface area contributed by atoms with Gasteiger partial charge in [-0.3, -0.25) is 0 Å². The molecule has 0 aromatic carbocycles. The third kappa shape index (κ3) is 3.05. The number of rotatable bonds is 5. The van der Waals surface area contributed by atoms with Gasteiger partial charge in [0.15, 0.2) is 0 Å². The van der Waals surface area contributed by atoms with Gasteiger partial charge in [0.25, 0.3) is 0 Å². The molecule has 1 saturated heterocycles. The van der Waals surface area contributed by atoms with Gasteiger partial charge in [-0.1, -0.05) is 0 Å². The molecule has 1 N–H and O–H groups in total. The second-order valence-electron chi connectivity index (χ2n) is 4.42. The minimum absolute atomic E-state index is 0.0104. The highest BCUT2D eigenvalue weighted by molar-refractivity contribution is 7.89. The van der Waals surface area contributed by atoms with E-state index in [9.17, 15) is 8.42 Å². The quantitative estimate of drug-likeness (QED) is 0.871. The molecular weight excluding hydrogens is 266 g/mol. The Balaban J connectivity index is 2.15. The zero-order valence-electron chi connectivity index (χ0n) is 11.2. The molecule has 1 aliphatic rings. The molecule has 1 fully saturated rings. The highest BCUT2D eigenvalue weighted by Gasteiger charge is 2.32. The van der Waals surface area contributed by atoms with E-state index in [1.165, 1.54) is 10.5 Å². The van der Waals surface area contributed by atoms with E-state index in [-0.39, 0.29) is 11.0 Å². The monoisotopic (exact) mass is 285 g/mol. The lowest BCUT2D eigenvalue weighted by atomic mass is 10.3. The molecule has 0 amide bonds. The van der Waals surface area contributed by atoms with Crippen molar-refractivity contribution < 1.29 is 13.2 Å². The number of hydrogen-bond acceptors (Lipinski definition) is 5. The predicted molar refractivity (Wildman–Crippen MR) is 72.6 cm³/mol. The molecule has 0 bridgehead atoms. The number of sulfonamides is 1. The van der Waals surface area contributed by atoms with Crippen LogP contribution in [-0.4, -0.2) is 50.6 Å². The van der Waals surface area contributed by atoms with Gasteiger partial charge in [0, 0.05) is 32.9 Å². The van der Waals surface area contributed by atoms with Gasteiger partial charge in [-0.05, 0) is 25.5 Å². The van der Waals surface area contributed by atoms with Crippen LogP contribution >= 0.6 is 0 Å². The lowest BCUT2D eigenvalue weighted by molar-refractivity contribution is 0.115. The Hall–Kier alpha value is -1.18. The molecule has 1 unspecified atom stereocenters. The van der Waals surface area contributed by atoms with Crippen molar-refractivity contribution in [2.24, 2.45) is 0 Å². The van der Waals surface area contributed by atoms with Gasteiger partial charge in [0.05, 0.1) is 6.10 Å². The Bertz CT molecular complexity index is 516. The topological polar surface area (TPSA) is 71.5 Å². The second-order valence-corrected chi connectivity index (χ2v) is 6.36. The summed E-state index contributed by atoms with van der Waals surface area (Å²) >= 11 is 0. The highest BCUT2D eigenvalue weighted by Crippen LogP contribution is 2.22. The van der Waals surface area contributed by atoms with Gasteiger partial charge in [-0.15, -0.1) is 0 Å². The highest BCUT2D eigenvalue weighted by atomic mass is 32.2. The van der Waals surface area contributed by atoms with Crippen molar-refractivity contribution in [1.82, 2.24) is 9.29 Å². The van der Waals surface area contributed by atoms with Crippen molar-refractivity contribution in [2.45, 2.75) is 24.3 Å². The number of nitrogens with one attached hydrogen (secondary N) is 1. The van der Waals surface area contributed by atoms with Gasteiger partial charge in [0.1, 0.15) is 10.7 Å². The third-order valence-electron chi connectivity index (χ3n) is 3.17. The average molecular weight is 285 g/mol. The zero-order valence-corrected chi connectivity index (χ0v) is 12.0. The van der Waals surface area contributed by atoms with Crippen molar-refractivity contribution in [3.8, 4) is 0 Å². The summed E-state index contributed by atoms with van der Waals surface area (Å²) in [6.45, 7) is 3.62. The summed E-state index contributed by atoms with van der Waals surface area (Å²) in [6.07, 6.45) is 2.12. The van der Waals surface area contributed by atoms with E-state index in [0.29, 0.717) is 18.9 Å². The largest absolute Gasteiger partial charge is 0.380 e. The van der Waals surface area contributed by atoms with Crippen LogP contribution < -0.4 is 5.32 Å². The number of hydrogen-bond donors (Lipinski definition) is 1. The van der Waals surface area contributed by atoms with Crippen LogP contribution in [0.25, 0.3) is 0 Å². The SMILES string of the molecule is CCNc1ccc(S(=O)(=O)N2CCC(OC)C2)cn1. The molecule has 6 nitrogen and oxygen atoms in total. The zero-order chi connectivity index (χ0) is 13.9. The normalized spacial score (nSPS) is 20.6. The van der Waals surface area contributed by atoms with Crippen molar-refractivity contribution in [2.75, 3.05) is 32.1 Å². The molecule has 0 radical (unpaired) electrons. The van der Waals surface area contributed by atoms with Gasteiger partial charge in [-0.2, -0.15) is 4.31 Å². The summed E-state index contributed by atoms with van der Waals surface area (Å²) in [5.41, 5.74) is 0. The molecule has 106 valence electrons. The maximum atomic E-state index is 12.4. The minimum Gasteiger partial charge on any atom is -0.380 e. The standard InChI is InChI=1S/C12H19N3O3S/c1-3-13-12-5-4-11(8-14-12)19(16,17)15-7-6-10(9-15)18-2/h4-5,8,10H,3,6-7,9H2,1-2H3,(H,13,14). The van der Waals surface area contributed by atoms with Crippen molar-refractivity contribution >= 4 is 15.8 Å². The van der Waals surface area contributed by atoms with E-state index >= 15 is 0 Å². The van der Waals surface area contributed by atoms with E-state index < -0.39 is 10.0 Å². The number of aromatic nitrogens is 1. The maximum Gasteiger partial charge on any atom is 0.244 e. The van der Waals surface area contributed by atoms with Crippen LogP contribution in [0.3, 0.4) is 0 Å². The van der Waals surface area contributed by atoms with Gasteiger partial charge >= 0.3 is 0 Å². The molecule has 7 heteroatoms. The Morgan fingerprint density at radius 1 is 1.53 bits per heavy atom. The number of ether oxygens (including phenoxy) is 1. The molecule has 1 aromatic heterocycles. The van der Waals surface area contributed by atoms with Gasteiger partial charge < -0.3 is 10.1 Å². The summed E-state index contributed by atoms with van der Waals surface area (Å²) in [5.74, 6) is 0.678. The number of pyridine rings is 1. The summed E-state index contributed by atoms with van der Waals surface area (Å²) in [5, 5.41) is 3.03. The van der Waals surface area contributed by atoms with Crippen molar-refractivity contribution in [3.63, 3.8) is 0 Å². The van der Waals surface area contributed by atoms with Crippen LogP contribution in [0.2, 0.25) is 0 Å². The van der Waals surface area contributed by atoms with E-state index in [1.807, 2.05) is 6.92 Å². The van der Waals surface area contributed by atoms with Crippen LogP contribution in [-0.2, 0) is 14.8 Å². The van der Waals surface area contributed by atoms with Crippen LogP contribution in [0, 0.1) is 0 Å². The lowest BCUT2D eigenvalue weighted by Gasteiger charge is -2.16. The third-order valence-corrected chi connectivity index (χ3v) is 5.02. The van der Waals surface area contributed by atoms with Crippen LogP contribution in [0.4, 0.5) is 5.82 Å². The van der Waals surface area contributed by atoms with Crippen LogP contribution in [0.1, 0.15) is 13.3 Å². The number of anilines is 1. The van der Waals surface area contributed by atoms with Gasteiger partial charge in [-0.25, -0.2) is 13.4 Å². The van der Waals surface area contributed by atoms with E-state index in [1.54, 1.807) is 19.2 Å². The molecule has 0 spiro atoms. The average Bonchev–Trinajstić information content (AvgIpc) is 2.89. The minimum atomic E-state index is -3.45. The van der Waals surface area contributed by atoms with E-state index in [2.05, 4.69) is 10.3 Å². The first kappa shape index (κ1) is 14.2. The molecule has 1 aromatic rings. The maximum absolute atomic E-state index is 12.4. The first-order chi connectivity index (χ1) is 9.07. The molecule has 1 aliphatic heterocycles. The van der Waals surface area contributed by atoms with Crippen molar-refractivity contribution in [3.05, 3.63) is 18.3 Å². The van der Waals surface area contributed by atoms with Crippen LogP contribution in [0.5, 0.6) is 0 Å².